The molecule has 0 saturated heterocycles. The lowest BCUT2D eigenvalue weighted by Crippen LogP contribution is -2.30. The summed E-state index contributed by atoms with van der Waals surface area (Å²) in [6.45, 7) is 2.62. The van der Waals surface area contributed by atoms with E-state index < -0.39 is 0 Å². The molecule has 0 fully saturated rings. The SMILES string of the molecule is S=[C]NCN1C=NCC1. The van der Waals surface area contributed by atoms with Crippen molar-refractivity contribution in [2.75, 3.05) is 19.8 Å². The topological polar surface area (TPSA) is 27.6 Å². The molecular weight excluding hydrogens is 134 g/mol. The molecule has 0 aromatic carbocycles. The molecule has 0 aliphatic carbocycles. The van der Waals surface area contributed by atoms with Gasteiger partial charge in [-0.05, 0) is 0 Å². The van der Waals surface area contributed by atoms with Gasteiger partial charge in [-0.2, -0.15) is 0 Å². The lowest BCUT2D eigenvalue weighted by Gasteiger charge is -2.11. The maximum Gasteiger partial charge on any atom is 0.135 e. The second kappa shape index (κ2) is 3.40. The zero-order valence-corrected chi connectivity index (χ0v) is 5.82. The van der Waals surface area contributed by atoms with Crippen LogP contribution in [0.1, 0.15) is 0 Å². The Labute approximate surface area is 59.8 Å². The van der Waals surface area contributed by atoms with E-state index in [0.717, 1.165) is 19.8 Å². The summed E-state index contributed by atoms with van der Waals surface area (Å²) in [6.07, 6.45) is 1.82. The Morgan fingerprint density at radius 3 is 3.33 bits per heavy atom. The molecule has 3 nitrogen and oxygen atoms in total. The van der Waals surface area contributed by atoms with Crippen molar-refractivity contribution in [3.8, 4) is 0 Å². The summed E-state index contributed by atoms with van der Waals surface area (Å²) in [7, 11) is 0. The van der Waals surface area contributed by atoms with Gasteiger partial charge in [0.2, 0.25) is 0 Å². The Morgan fingerprint density at radius 1 is 1.89 bits per heavy atom. The van der Waals surface area contributed by atoms with Crippen molar-refractivity contribution in [1.29, 1.82) is 0 Å². The van der Waals surface area contributed by atoms with Gasteiger partial charge in [-0.15, -0.1) is 0 Å². The average Bonchev–Trinajstić information content (AvgIpc) is 2.34. The molecule has 49 valence electrons. The first-order chi connectivity index (χ1) is 4.43. The van der Waals surface area contributed by atoms with Crippen LogP contribution in [0.25, 0.3) is 0 Å². The fourth-order valence-corrected chi connectivity index (χ4v) is 0.735. The fourth-order valence-electron chi connectivity index (χ4n) is 0.671. The van der Waals surface area contributed by atoms with E-state index in [0.29, 0.717) is 0 Å². The molecule has 0 aromatic rings. The Balaban J connectivity index is 2.12. The Morgan fingerprint density at radius 2 is 2.78 bits per heavy atom. The van der Waals surface area contributed by atoms with Gasteiger partial charge in [0.05, 0.1) is 19.6 Å². The quantitative estimate of drug-likeness (QED) is 0.433. The molecule has 9 heavy (non-hydrogen) atoms. The van der Waals surface area contributed by atoms with E-state index in [1.165, 1.54) is 0 Å². The summed E-state index contributed by atoms with van der Waals surface area (Å²) in [5.74, 6) is 0. The molecular formula is C5H8N3S. The summed E-state index contributed by atoms with van der Waals surface area (Å²) in [5, 5.41) is 2.79. The minimum absolute atomic E-state index is 0.729. The molecule has 1 heterocycles. The molecule has 1 radical (unpaired) electrons. The van der Waals surface area contributed by atoms with Crippen LogP contribution in [0.2, 0.25) is 0 Å². The summed E-state index contributed by atoms with van der Waals surface area (Å²) >= 11 is 4.45. The highest BCUT2D eigenvalue weighted by atomic mass is 32.1. The van der Waals surface area contributed by atoms with Crippen molar-refractivity contribution in [3.05, 3.63) is 0 Å². The van der Waals surface area contributed by atoms with E-state index in [2.05, 4.69) is 28.0 Å². The fraction of sp³-hybridized carbons (Fsp3) is 0.600. The minimum Gasteiger partial charge on any atom is -0.356 e. The Kier molecular flexibility index (Phi) is 2.45. The van der Waals surface area contributed by atoms with Crippen LogP contribution < -0.4 is 5.32 Å². The van der Waals surface area contributed by atoms with Crippen LogP contribution in [0.5, 0.6) is 0 Å². The minimum atomic E-state index is 0.729. The molecule has 0 amide bonds. The van der Waals surface area contributed by atoms with Gasteiger partial charge in [0.25, 0.3) is 0 Å². The van der Waals surface area contributed by atoms with E-state index in [4.69, 9.17) is 0 Å². The third-order valence-corrected chi connectivity index (χ3v) is 1.26. The zero-order valence-electron chi connectivity index (χ0n) is 5.00. The van der Waals surface area contributed by atoms with Crippen LogP contribution in [0.4, 0.5) is 0 Å². The summed E-state index contributed by atoms with van der Waals surface area (Å²) < 4.78 is 0. The third kappa shape index (κ3) is 1.97. The third-order valence-electron chi connectivity index (χ3n) is 1.12. The van der Waals surface area contributed by atoms with Gasteiger partial charge in [-0.1, -0.05) is 12.2 Å². The standard InChI is InChI=1S/C5H8N3S/c9-5-7-4-8-2-1-6-3-8/h3H,1-2,4H2,(H,7,9). The molecule has 1 rings (SSSR count). The van der Waals surface area contributed by atoms with E-state index in [1.807, 2.05) is 11.2 Å². The zero-order chi connectivity index (χ0) is 6.53. The van der Waals surface area contributed by atoms with Crippen LogP contribution in [-0.4, -0.2) is 36.5 Å². The van der Waals surface area contributed by atoms with Crippen LogP contribution in [0, 0.1) is 0 Å². The molecule has 0 spiro atoms. The van der Waals surface area contributed by atoms with Crippen molar-refractivity contribution in [2.24, 2.45) is 4.99 Å². The van der Waals surface area contributed by atoms with Crippen LogP contribution >= 0.6 is 12.2 Å². The number of thiocarbonyl (C=S) groups is 1. The predicted molar refractivity (Wildman–Crippen MR) is 40.7 cm³/mol. The second-order valence-corrected chi connectivity index (χ2v) is 1.98. The van der Waals surface area contributed by atoms with E-state index in [9.17, 15) is 0 Å². The van der Waals surface area contributed by atoms with Crippen molar-refractivity contribution in [1.82, 2.24) is 10.2 Å². The van der Waals surface area contributed by atoms with Crippen LogP contribution in [0.3, 0.4) is 0 Å². The van der Waals surface area contributed by atoms with Gasteiger partial charge < -0.3 is 10.2 Å². The Hall–Kier alpha value is -0.640. The molecule has 1 N–H and O–H groups in total. The molecule has 1 aliphatic rings. The molecule has 4 heteroatoms. The highest BCUT2D eigenvalue weighted by Gasteiger charge is 2.01. The first-order valence-electron chi connectivity index (χ1n) is 2.77. The van der Waals surface area contributed by atoms with Gasteiger partial charge in [0.15, 0.2) is 0 Å². The number of nitrogens with one attached hydrogen (secondary N) is 1. The maximum absolute atomic E-state index is 4.45. The van der Waals surface area contributed by atoms with Crippen molar-refractivity contribution in [3.63, 3.8) is 0 Å². The number of nitrogens with zero attached hydrogens (tertiary/aromatic N) is 2. The lowest BCUT2D eigenvalue weighted by molar-refractivity contribution is 0.460. The maximum atomic E-state index is 4.45. The molecule has 1 aliphatic heterocycles. The second-order valence-electron chi connectivity index (χ2n) is 1.77. The first kappa shape index (κ1) is 6.48. The monoisotopic (exact) mass is 142 g/mol. The molecule has 0 aromatic heterocycles. The normalized spacial score (nSPS) is 16.2. The van der Waals surface area contributed by atoms with Gasteiger partial charge in [0.1, 0.15) is 5.49 Å². The van der Waals surface area contributed by atoms with Gasteiger partial charge >= 0.3 is 0 Å². The average molecular weight is 142 g/mol. The van der Waals surface area contributed by atoms with Crippen molar-refractivity contribution < 1.29 is 0 Å². The Bertz CT molecular complexity index is 123. The van der Waals surface area contributed by atoms with Crippen LogP contribution in [-0.2, 0) is 0 Å². The molecule has 0 bridgehead atoms. The highest BCUT2D eigenvalue weighted by Crippen LogP contribution is 1.88. The van der Waals surface area contributed by atoms with Crippen molar-refractivity contribution in [2.45, 2.75) is 0 Å². The van der Waals surface area contributed by atoms with E-state index in [-0.39, 0.29) is 0 Å². The highest BCUT2D eigenvalue weighted by molar-refractivity contribution is 7.78. The number of hydrogen-bond acceptors (Lipinski definition) is 3. The first-order valence-corrected chi connectivity index (χ1v) is 3.18. The predicted octanol–water partition coefficient (Wildman–Crippen LogP) is -0.288. The smallest absolute Gasteiger partial charge is 0.135 e. The molecule has 0 atom stereocenters. The summed E-state index contributed by atoms with van der Waals surface area (Å²) in [4.78, 5) is 6.06. The van der Waals surface area contributed by atoms with Gasteiger partial charge in [-0.25, -0.2) is 0 Å². The number of hydrogen-bond donors (Lipinski definition) is 1. The number of rotatable bonds is 3. The van der Waals surface area contributed by atoms with E-state index in [1.54, 1.807) is 0 Å². The molecule has 0 unspecified atom stereocenters. The molecule has 0 saturated carbocycles. The largest absolute Gasteiger partial charge is 0.356 e. The van der Waals surface area contributed by atoms with Gasteiger partial charge in [0, 0.05) is 6.54 Å². The van der Waals surface area contributed by atoms with Gasteiger partial charge in [-0.3, -0.25) is 4.99 Å². The summed E-state index contributed by atoms with van der Waals surface area (Å²) in [6, 6.07) is 0. The summed E-state index contributed by atoms with van der Waals surface area (Å²) in [5.41, 5.74) is 2.42. The van der Waals surface area contributed by atoms with Crippen molar-refractivity contribution >= 4 is 24.0 Å². The van der Waals surface area contributed by atoms with Crippen LogP contribution in [0.15, 0.2) is 4.99 Å². The lowest BCUT2D eigenvalue weighted by atomic mass is 10.6. The van der Waals surface area contributed by atoms with E-state index >= 15 is 0 Å². The number of aliphatic imine (C=N–C) groups is 1.